The van der Waals surface area contributed by atoms with Crippen LogP contribution in [0.3, 0.4) is 0 Å². The maximum atomic E-state index is 10.9. The summed E-state index contributed by atoms with van der Waals surface area (Å²) >= 11 is 6.83. The number of nitrogens with zero attached hydrogens (tertiary/aromatic N) is 3. The minimum absolute atomic E-state index is 0.0569. The highest BCUT2D eigenvalue weighted by atomic mass is 35.5. The second-order valence-electron chi connectivity index (χ2n) is 2.94. The summed E-state index contributed by atoms with van der Waals surface area (Å²) in [6.45, 7) is 0.0569. The third-order valence-electron chi connectivity index (χ3n) is 1.85. The van der Waals surface area contributed by atoms with Crippen molar-refractivity contribution in [3.8, 4) is 5.75 Å². The van der Waals surface area contributed by atoms with Crippen molar-refractivity contribution in [2.45, 2.75) is 6.61 Å². The molecule has 0 atom stereocenters. The standard InChI is InChI=1S/C9H6ClN3O3S/c10-8-5(12-13-17-8)4-16-6-2-1-3-11-7(6)9(14)15/h1-3H,4H2,(H,14,15). The molecule has 88 valence electrons. The molecule has 0 aliphatic heterocycles. The zero-order valence-corrected chi connectivity index (χ0v) is 9.90. The first-order chi connectivity index (χ1) is 8.18. The fourth-order valence-electron chi connectivity index (χ4n) is 1.10. The summed E-state index contributed by atoms with van der Waals surface area (Å²) in [7, 11) is 0. The van der Waals surface area contributed by atoms with Crippen LogP contribution in [-0.2, 0) is 6.61 Å². The van der Waals surface area contributed by atoms with Crippen molar-refractivity contribution in [3.63, 3.8) is 0 Å². The van der Waals surface area contributed by atoms with E-state index in [0.29, 0.717) is 10.0 Å². The van der Waals surface area contributed by atoms with Crippen molar-refractivity contribution in [3.05, 3.63) is 34.1 Å². The number of aromatic carboxylic acids is 1. The zero-order chi connectivity index (χ0) is 12.3. The first kappa shape index (κ1) is 11.7. The van der Waals surface area contributed by atoms with Gasteiger partial charge in [-0.05, 0) is 12.1 Å². The van der Waals surface area contributed by atoms with Crippen molar-refractivity contribution < 1.29 is 14.6 Å². The fourth-order valence-corrected chi connectivity index (χ4v) is 1.70. The molecule has 0 saturated heterocycles. The van der Waals surface area contributed by atoms with E-state index in [4.69, 9.17) is 21.4 Å². The Labute approximate surface area is 105 Å². The van der Waals surface area contributed by atoms with Gasteiger partial charge in [-0.25, -0.2) is 9.78 Å². The van der Waals surface area contributed by atoms with Crippen LogP contribution in [0.15, 0.2) is 18.3 Å². The largest absolute Gasteiger partial charge is 0.485 e. The predicted octanol–water partition coefficient (Wildman–Crippen LogP) is 1.86. The van der Waals surface area contributed by atoms with Gasteiger partial charge in [0.1, 0.15) is 16.6 Å². The number of hydrogen-bond donors (Lipinski definition) is 1. The van der Waals surface area contributed by atoms with Crippen LogP contribution >= 0.6 is 23.1 Å². The maximum Gasteiger partial charge on any atom is 0.358 e. The quantitative estimate of drug-likeness (QED) is 0.914. The van der Waals surface area contributed by atoms with Gasteiger partial charge in [-0.15, -0.1) is 5.10 Å². The molecule has 2 aromatic heterocycles. The highest BCUT2D eigenvalue weighted by molar-refractivity contribution is 7.10. The number of hydrogen-bond acceptors (Lipinski definition) is 6. The Bertz CT molecular complexity index is 546. The van der Waals surface area contributed by atoms with E-state index in [1.54, 1.807) is 6.07 Å². The van der Waals surface area contributed by atoms with Gasteiger partial charge in [0.15, 0.2) is 11.4 Å². The highest BCUT2D eigenvalue weighted by Crippen LogP contribution is 2.21. The molecule has 0 aromatic carbocycles. The summed E-state index contributed by atoms with van der Waals surface area (Å²) in [5, 5.41) is 12.6. The molecule has 17 heavy (non-hydrogen) atoms. The smallest absolute Gasteiger partial charge is 0.358 e. The first-order valence-electron chi connectivity index (χ1n) is 4.46. The van der Waals surface area contributed by atoms with E-state index in [0.717, 1.165) is 11.5 Å². The fraction of sp³-hybridized carbons (Fsp3) is 0.111. The van der Waals surface area contributed by atoms with Crippen LogP contribution in [0.25, 0.3) is 0 Å². The summed E-state index contributed by atoms with van der Waals surface area (Å²) in [5.74, 6) is -0.979. The number of aromatic nitrogens is 3. The lowest BCUT2D eigenvalue weighted by molar-refractivity contribution is 0.0684. The normalized spacial score (nSPS) is 10.2. The minimum atomic E-state index is -1.15. The first-order valence-corrected chi connectivity index (χ1v) is 5.61. The number of halogens is 1. The van der Waals surface area contributed by atoms with Gasteiger partial charge in [-0.1, -0.05) is 16.1 Å². The van der Waals surface area contributed by atoms with E-state index in [-0.39, 0.29) is 18.1 Å². The van der Waals surface area contributed by atoms with Gasteiger partial charge in [0, 0.05) is 17.7 Å². The molecule has 2 heterocycles. The lowest BCUT2D eigenvalue weighted by Crippen LogP contribution is -2.05. The second-order valence-corrected chi connectivity index (χ2v) is 4.29. The van der Waals surface area contributed by atoms with E-state index >= 15 is 0 Å². The Kier molecular flexibility index (Phi) is 3.50. The van der Waals surface area contributed by atoms with Crippen molar-refractivity contribution in [2.75, 3.05) is 0 Å². The van der Waals surface area contributed by atoms with Gasteiger partial charge in [0.05, 0.1) is 0 Å². The summed E-state index contributed by atoms with van der Waals surface area (Å²) < 4.78 is 9.36. The van der Waals surface area contributed by atoms with Crippen LogP contribution in [0.5, 0.6) is 5.75 Å². The number of carbonyl (C=O) groups is 1. The molecule has 0 saturated carbocycles. The molecule has 0 aliphatic rings. The molecule has 0 fully saturated rings. The third-order valence-corrected chi connectivity index (χ3v) is 2.83. The molecular weight excluding hydrogens is 266 g/mol. The molecule has 1 N–H and O–H groups in total. The van der Waals surface area contributed by atoms with Crippen molar-refractivity contribution in [1.82, 2.24) is 14.6 Å². The summed E-state index contributed by atoms with van der Waals surface area (Å²) in [6.07, 6.45) is 1.38. The van der Waals surface area contributed by atoms with Gasteiger partial charge in [-0.3, -0.25) is 0 Å². The molecule has 0 spiro atoms. The number of carboxylic acid groups (broad SMARTS) is 1. The average Bonchev–Trinajstić information content (AvgIpc) is 2.72. The summed E-state index contributed by atoms with van der Waals surface area (Å²) in [5.41, 5.74) is 0.323. The molecule has 6 nitrogen and oxygen atoms in total. The lowest BCUT2D eigenvalue weighted by Gasteiger charge is -2.06. The molecular formula is C9H6ClN3O3S. The van der Waals surface area contributed by atoms with Crippen LogP contribution in [0.1, 0.15) is 16.2 Å². The second kappa shape index (κ2) is 5.07. The molecule has 8 heteroatoms. The zero-order valence-electron chi connectivity index (χ0n) is 8.33. The van der Waals surface area contributed by atoms with E-state index in [2.05, 4.69) is 14.6 Å². The molecule has 0 amide bonds. The minimum Gasteiger partial charge on any atom is -0.485 e. The van der Waals surface area contributed by atoms with Gasteiger partial charge in [0.25, 0.3) is 0 Å². The predicted molar refractivity (Wildman–Crippen MR) is 60.4 cm³/mol. The Morgan fingerprint density at radius 2 is 2.41 bits per heavy atom. The topological polar surface area (TPSA) is 85.2 Å². The molecule has 0 aliphatic carbocycles. The number of rotatable bonds is 4. The van der Waals surface area contributed by atoms with Gasteiger partial charge in [0.2, 0.25) is 0 Å². The van der Waals surface area contributed by atoms with E-state index in [1.165, 1.54) is 12.3 Å². The van der Waals surface area contributed by atoms with Crippen LogP contribution in [-0.4, -0.2) is 25.6 Å². The molecule has 0 unspecified atom stereocenters. The van der Waals surface area contributed by atoms with Crippen molar-refractivity contribution in [2.24, 2.45) is 0 Å². The summed E-state index contributed by atoms with van der Waals surface area (Å²) in [4.78, 5) is 14.6. The average molecular weight is 272 g/mol. The Balaban J connectivity index is 2.14. The van der Waals surface area contributed by atoms with E-state index in [9.17, 15) is 4.79 Å². The molecule has 0 radical (unpaired) electrons. The van der Waals surface area contributed by atoms with E-state index < -0.39 is 5.97 Å². The van der Waals surface area contributed by atoms with Crippen LogP contribution in [0.4, 0.5) is 0 Å². The lowest BCUT2D eigenvalue weighted by atomic mass is 10.3. The van der Waals surface area contributed by atoms with Gasteiger partial charge < -0.3 is 9.84 Å². The van der Waals surface area contributed by atoms with Crippen LogP contribution < -0.4 is 4.74 Å². The van der Waals surface area contributed by atoms with Gasteiger partial charge >= 0.3 is 5.97 Å². The van der Waals surface area contributed by atoms with Crippen molar-refractivity contribution >= 4 is 29.1 Å². The Morgan fingerprint density at radius 1 is 1.59 bits per heavy atom. The third kappa shape index (κ3) is 2.69. The maximum absolute atomic E-state index is 10.9. The number of pyridine rings is 1. The Hall–Kier alpha value is -1.73. The summed E-state index contributed by atoms with van der Waals surface area (Å²) in [6, 6.07) is 3.10. The Morgan fingerprint density at radius 3 is 3.06 bits per heavy atom. The SMILES string of the molecule is O=C(O)c1ncccc1OCc1nnsc1Cl. The molecule has 2 aromatic rings. The van der Waals surface area contributed by atoms with Crippen LogP contribution in [0.2, 0.25) is 4.34 Å². The number of ether oxygens (including phenoxy) is 1. The van der Waals surface area contributed by atoms with Crippen LogP contribution in [0, 0.1) is 0 Å². The molecule has 0 bridgehead atoms. The monoisotopic (exact) mass is 271 g/mol. The highest BCUT2D eigenvalue weighted by Gasteiger charge is 2.13. The van der Waals surface area contributed by atoms with Crippen molar-refractivity contribution in [1.29, 1.82) is 0 Å². The van der Waals surface area contributed by atoms with Gasteiger partial charge in [-0.2, -0.15) is 0 Å². The van der Waals surface area contributed by atoms with E-state index in [1.807, 2.05) is 0 Å². The molecule has 2 rings (SSSR count). The number of carboxylic acids is 1.